The molecule has 1 fully saturated rings. The van der Waals surface area contributed by atoms with E-state index in [1.165, 1.54) is 12.1 Å². The number of anilines is 1. The van der Waals surface area contributed by atoms with E-state index in [4.69, 9.17) is 9.47 Å². The molecule has 190 valence electrons. The van der Waals surface area contributed by atoms with Crippen molar-refractivity contribution in [1.82, 2.24) is 10.2 Å². The Labute approximate surface area is 212 Å². The van der Waals surface area contributed by atoms with Crippen LogP contribution in [0, 0.1) is 0 Å². The highest BCUT2D eigenvalue weighted by atomic mass is 32.2. The largest absolute Gasteiger partial charge is 0.457 e. The van der Waals surface area contributed by atoms with Crippen molar-refractivity contribution >= 4 is 21.6 Å². The highest BCUT2D eigenvalue weighted by Crippen LogP contribution is 2.27. The Morgan fingerprint density at radius 1 is 0.889 bits per heavy atom. The summed E-state index contributed by atoms with van der Waals surface area (Å²) in [6.07, 6.45) is 0.780. The van der Waals surface area contributed by atoms with Crippen molar-refractivity contribution in [2.75, 3.05) is 50.2 Å². The van der Waals surface area contributed by atoms with Gasteiger partial charge in [0.2, 0.25) is 5.91 Å². The van der Waals surface area contributed by atoms with Gasteiger partial charge in [0.15, 0.2) is 0 Å². The number of hydrogen-bond acceptors (Lipinski definition) is 6. The molecular formula is C27H31N3O5S. The maximum atomic E-state index is 13.5. The number of morpholine rings is 1. The summed E-state index contributed by atoms with van der Waals surface area (Å²) in [7, 11) is -3.96. The van der Waals surface area contributed by atoms with Crippen molar-refractivity contribution in [3.63, 3.8) is 0 Å². The van der Waals surface area contributed by atoms with Gasteiger partial charge in [0.25, 0.3) is 10.0 Å². The van der Waals surface area contributed by atoms with E-state index in [-0.39, 0.29) is 17.3 Å². The first-order valence-electron chi connectivity index (χ1n) is 12.0. The first kappa shape index (κ1) is 25.7. The minimum Gasteiger partial charge on any atom is -0.457 e. The van der Waals surface area contributed by atoms with E-state index in [2.05, 4.69) is 10.2 Å². The molecule has 1 saturated heterocycles. The van der Waals surface area contributed by atoms with Crippen LogP contribution in [0.5, 0.6) is 11.5 Å². The Bertz CT molecular complexity index is 1200. The molecule has 0 spiro atoms. The molecule has 36 heavy (non-hydrogen) atoms. The molecule has 0 bridgehead atoms. The first-order valence-corrected chi connectivity index (χ1v) is 13.4. The fourth-order valence-electron chi connectivity index (χ4n) is 3.88. The van der Waals surface area contributed by atoms with Gasteiger partial charge in [0.1, 0.15) is 18.0 Å². The SMILES string of the molecule is O=C(CN(c1ccc(Oc2ccccc2)cc1)S(=O)(=O)c1ccccc1)NCCCN1CCOCC1. The predicted molar refractivity (Wildman–Crippen MR) is 139 cm³/mol. The summed E-state index contributed by atoms with van der Waals surface area (Å²) in [6.45, 7) is 4.25. The first-order chi connectivity index (χ1) is 17.5. The molecule has 1 N–H and O–H groups in total. The smallest absolute Gasteiger partial charge is 0.264 e. The summed E-state index contributed by atoms with van der Waals surface area (Å²) in [6, 6.07) is 24.1. The highest BCUT2D eigenvalue weighted by Gasteiger charge is 2.27. The zero-order valence-electron chi connectivity index (χ0n) is 20.1. The minimum atomic E-state index is -3.96. The zero-order valence-corrected chi connectivity index (χ0v) is 20.9. The molecule has 4 rings (SSSR count). The van der Waals surface area contributed by atoms with Gasteiger partial charge in [-0.15, -0.1) is 0 Å². The Kier molecular flexibility index (Phi) is 8.94. The standard InChI is InChI=1S/C27H31N3O5S/c31-27(28-16-7-17-29-18-20-34-21-19-29)22-30(36(32,33)26-10-5-2-6-11-26)23-12-14-25(15-13-23)35-24-8-3-1-4-9-24/h1-6,8-15H,7,16-22H2,(H,28,31). The van der Waals surface area contributed by atoms with Crippen LogP contribution in [0.4, 0.5) is 5.69 Å². The van der Waals surface area contributed by atoms with E-state index in [1.54, 1.807) is 42.5 Å². The van der Waals surface area contributed by atoms with Crippen molar-refractivity contribution in [3.05, 3.63) is 84.9 Å². The topological polar surface area (TPSA) is 88.2 Å². The van der Waals surface area contributed by atoms with Crippen LogP contribution in [-0.2, 0) is 19.6 Å². The van der Waals surface area contributed by atoms with Crippen molar-refractivity contribution in [3.8, 4) is 11.5 Å². The van der Waals surface area contributed by atoms with Gasteiger partial charge in [-0.3, -0.25) is 14.0 Å². The summed E-state index contributed by atoms with van der Waals surface area (Å²) in [5.41, 5.74) is 0.378. The number of nitrogens with one attached hydrogen (secondary N) is 1. The van der Waals surface area contributed by atoms with Crippen LogP contribution >= 0.6 is 0 Å². The third-order valence-electron chi connectivity index (χ3n) is 5.80. The fourth-order valence-corrected chi connectivity index (χ4v) is 5.32. The molecule has 0 atom stereocenters. The number of carbonyl (C=O) groups is 1. The van der Waals surface area contributed by atoms with Gasteiger partial charge in [0.05, 0.1) is 23.8 Å². The molecule has 0 aromatic heterocycles. The van der Waals surface area contributed by atoms with Crippen LogP contribution in [0.25, 0.3) is 0 Å². The highest BCUT2D eigenvalue weighted by molar-refractivity contribution is 7.92. The number of nitrogens with zero attached hydrogens (tertiary/aromatic N) is 2. The van der Waals surface area contributed by atoms with Crippen LogP contribution in [-0.4, -0.2) is 65.2 Å². The van der Waals surface area contributed by atoms with Crippen LogP contribution < -0.4 is 14.4 Å². The van der Waals surface area contributed by atoms with E-state index in [0.717, 1.165) is 43.6 Å². The van der Waals surface area contributed by atoms with Crippen molar-refractivity contribution in [2.45, 2.75) is 11.3 Å². The maximum Gasteiger partial charge on any atom is 0.264 e. The van der Waals surface area contributed by atoms with Gasteiger partial charge >= 0.3 is 0 Å². The molecule has 1 heterocycles. The molecule has 3 aromatic carbocycles. The quantitative estimate of drug-likeness (QED) is 0.398. The number of rotatable bonds is 11. The van der Waals surface area contributed by atoms with Gasteiger partial charge in [-0.25, -0.2) is 8.42 Å². The van der Waals surface area contributed by atoms with Gasteiger partial charge in [-0.05, 0) is 61.5 Å². The molecule has 0 aliphatic carbocycles. The molecule has 1 aliphatic heterocycles. The predicted octanol–water partition coefficient (Wildman–Crippen LogP) is 3.51. The molecule has 0 saturated carbocycles. The van der Waals surface area contributed by atoms with E-state index < -0.39 is 10.0 Å². The van der Waals surface area contributed by atoms with Crippen molar-refractivity contribution in [1.29, 1.82) is 0 Å². The lowest BCUT2D eigenvalue weighted by Gasteiger charge is -2.26. The van der Waals surface area contributed by atoms with Crippen LogP contribution in [0.2, 0.25) is 0 Å². The van der Waals surface area contributed by atoms with Gasteiger partial charge in [0, 0.05) is 19.6 Å². The average molecular weight is 510 g/mol. The number of benzene rings is 3. The Hall–Kier alpha value is -3.40. The second-order valence-electron chi connectivity index (χ2n) is 8.39. The van der Waals surface area contributed by atoms with Gasteiger partial charge in [-0.1, -0.05) is 36.4 Å². The minimum absolute atomic E-state index is 0.120. The summed E-state index contributed by atoms with van der Waals surface area (Å²) in [5, 5.41) is 2.86. The number of sulfonamides is 1. The van der Waals surface area contributed by atoms with Crippen LogP contribution in [0.15, 0.2) is 89.8 Å². The van der Waals surface area contributed by atoms with Gasteiger partial charge in [-0.2, -0.15) is 0 Å². The second-order valence-corrected chi connectivity index (χ2v) is 10.3. The lowest BCUT2D eigenvalue weighted by molar-refractivity contribution is -0.119. The monoisotopic (exact) mass is 509 g/mol. The molecule has 1 amide bonds. The zero-order chi connectivity index (χ0) is 25.2. The third-order valence-corrected chi connectivity index (χ3v) is 7.59. The fraction of sp³-hybridized carbons (Fsp3) is 0.296. The lowest BCUT2D eigenvalue weighted by Crippen LogP contribution is -2.42. The molecule has 9 heteroatoms. The second kappa shape index (κ2) is 12.5. The number of para-hydroxylation sites is 1. The summed E-state index contributed by atoms with van der Waals surface area (Å²) < 4.78 is 39.3. The summed E-state index contributed by atoms with van der Waals surface area (Å²) in [5.74, 6) is 0.881. The maximum absolute atomic E-state index is 13.5. The molecule has 1 aliphatic rings. The van der Waals surface area contributed by atoms with Crippen LogP contribution in [0.1, 0.15) is 6.42 Å². The Morgan fingerprint density at radius 3 is 2.17 bits per heavy atom. The van der Waals surface area contributed by atoms with Crippen LogP contribution in [0.3, 0.4) is 0 Å². The Morgan fingerprint density at radius 2 is 1.50 bits per heavy atom. The number of carbonyl (C=O) groups excluding carboxylic acids is 1. The number of amides is 1. The van der Waals surface area contributed by atoms with E-state index in [0.29, 0.717) is 23.7 Å². The van der Waals surface area contributed by atoms with Gasteiger partial charge < -0.3 is 14.8 Å². The third kappa shape index (κ3) is 7.07. The average Bonchev–Trinajstić information content (AvgIpc) is 2.92. The van der Waals surface area contributed by atoms with Crippen molar-refractivity contribution in [2.24, 2.45) is 0 Å². The summed E-state index contributed by atoms with van der Waals surface area (Å²) >= 11 is 0. The Balaban J connectivity index is 1.44. The molecule has 3 aromatic rings. The molecule has 0 unspecified atom stereocenters. The molecule has 8 nitrogen and oxygen atoms in total. The van der Waals surface area contributed by atoms with E-state index in [9.17, 15) is 13.2 Å². The molecular weight excluding hydrogens is 478 g/mol. The van der Waals surface area contributed by atoms with E-state index in [1.807, 2.05) is 30.3 Å². The van der Waals surface area contributed by atoms with Crippen molar-refractivity contribution < 1.29 is 22.7 Å². The summed E-state index contributed by atoms with van der Waals surface area (Å²) in [4.78, 5) is 15.2. The number of hydrogen-bond donors (Lipinski definition) is 1. The molecule has 0 radical (unpaired) electrons. The lowest BCUT2D eigenvalue weighted by atomic mass is 10.3. The van der Waals surface area contributed by atoms with E-state index >= 15 is 0 Å². The number of ether oxygens (including phenoxy) is 2. The normalized spacial score (nSPS) is 14.2.